The Kier molecular flexibility index (Phi) is 4.24. The molecule has 108 valence electrons. The van der Waals surface area contributed by atoms with Gasteiger partial charge in [0.15, 0.2) is 6.61 Å². The normalized spacial score (nSPS) is 15.9. The molecule has 0 unspecified atom stereocenters. The van der Waals surface area contributed by atoms with Crippen molar-refractivity contribution >= 4 is 17.6 Å². The zero-order valence-electron chi connectivity index (χ0n) is 11.3. The topological polar surface area (TPSA) is 90.6 Å². The molecule has 0 radical (unpaired) electrons. The number of amides is 1. The molecule has 0 aromatic heterocycles. The highest BCUT2D eigenvalue weighted by Crippen LogP contribution is 2.30. The summed E-state index contributed by atoms with van der Waals surface area (Å²) in [5.74, 6) is -0.0797. The van der Waals surface area contributed by atoms with Gasteiger partial charge in [0, 0.05) is 5.69 Å². The second-order valence-electron chi connectivity index (χ2n) is 4.85. The summed E-state index contributed by atoms with van der Waals surface area (Å²) in [5.41, 5.74) is 5.86. The van der Waals surface area contributed by atoms with Crippen LogP contribution in [0, 0.1) is 0 Å². The molecule has 0 saturated heterocycles. The number of carbonyl (C=O) groups is 2. The van der Waals surface area contributed by atoms with E-state index in [0.29, 0.717) is 11.4 Å². The number of benzene rings is 1. The number of ether oxygens (including phenoxy) is 2. The fourth-order valence-electron chi connectivity index (χ4n) is 1.88. The maximum absolute atomic E-state index is 11.9. The highest BCUT2D eigenvalue weighted by atomic mass is 16.6. The average Bonchev–Trinajstić information content (AvgIpc) is 2.43. The summed E-state index contributed by atoms with van der Waals surface area (Å²) in [7, 11) is 1.30. The van der Waals surface area contributed by atoms with Crippen molar-refractivity contribution in [1.82, 2.24) is 0 Å². The van der Waals surface area contributed by atoms with Crippen LogP contribution < -0.4 is 15.8 Å². The summed E-state index contributed by atoms with van der Waals surface area (Å²) in [5, 5.41) is 2.78. The Morgan fingerprint density at radius 3 is 2.45 bits per heavy atom. The van der Waals surface area contributed by atoms with Crippen LogP contribution in [-0.2, 0) is 14.3 Å². The Hall–Kier alpha value is -2.08. The van der Waals surface area contributed by atoms with Gasteiger partial charge >= 0.3 is 5.97 Å². The first kappa shape index (κ1) is 14.3. The number of hydrogen-bond donors (Lipinski definition) is 2. The van der Waals surface area contributed by atoms with Gasteiger partial charge in [0.2, 0.25) is 5.91 Å². The number of nitrogens with one attached hydrogen (secondary N) is 1. The summed E-state index contributed by atoms with van der Waals surface area (Å²) in [6.07, 6.45) is 2.43. The standard InChI is InChI=1S/C14H18N2O4/c1-19-12(17)9-20-11-5-3-10(4-6-11)16-13(18)14(15)7-2-8-14/h3-6H,2,7-9,15H2,1H3,(H,16,18). The van der Waals surface area contributed by atoms with E-state index in [0.717, 1.165) is 19.3 Å². The van der Waals surface area contributed by atoms with Crippen molar-refractivity contribution in [2.24, 2.45) is 5.73 Å². The molecular formula is C14H18N2O4. The molecule has 0 bridgehead atoms. The van der Waals surface area contributed by atoms with Gasteiger partial charge in [-0.05, 0) is 43.5 Å². The quantitative estimate of drug-likeness (QED) is 0.786. The second-order valence-corrected chi connectivity index (χ2v) is 4.85. The van der Waals surface area contributed by atoms with Crippen LogP contribution in [0.1, 0.15) is 19.3 Å². The number of carbonyl (C=O) groups excluding carboxylic acids is 2. The Morgan fingerprint density at radius 2 is 1.95 bits per heavy atom. The zero-order valence-corrected chi connectivity index (χ0v) is 11.3. The first-order valence-electron chi connectivity index (χ1n) is 6.43. The first-order chi connectivity index (χ1) is 9.53. The van der Waals surface area contributed by atoms with Crippen LogP contribution in [0.15, 0.2) is 24.3 Å². The van der Waals surface area contributed by atoms with Gasteiger partial charge in [0.25, 0.3) is 0 Å². The molecule has 0 spiro atoms. The van der Waals surface area contributed by atoms with E-state index in [9.17, 15) is 9.59 Å². The van der Waals surface area contributed by atoms with Crippen LogP contribution >= 0.6 is 0 Å². The van der Waals surface area contributed by atoms with Gasteiger partial charge < -0.3 is 20.5 Å². The molecular weight excluding hydrogens is 260 g/mol. The monoisotopic (exact) mass is 278 g/mol. The fraction of sp³-hybridized carbons (Fsp3) is 0.429. The predicted molar refractivity (Wildman–Crippen MR) is 73.4 cm³/mol. The molecule has 1 saturated carbocycles. The highest BCUT2D eigenvalue weighted by molar-refractivity contribution is 5.98. The Morgan fingerprint density at radius 1 is 1.30 bits per heavy atom. The van der Waals surface area contributed by atoms with Gasteiger partial charge in [-0.2, -0.15) is 0 Å². The average molecular weight is 278 g/mol. The van der Waals surface area contributed by atoms with Gasteiger partial charge in [0.1, 0.15) is 5.75 Å². The van der Waals surface area contributed by atoms with Crippen molar-refractivity contribution in [3.63, 3.8) is 0 Å². The summed E-state index contributed by atoms with van der Waals surface area (Å²) >= 11 is 0. The van der Waals surface area contributed by atoms with E-state index in [2.05, 4.69) is 10.1 Å². The van der Waals surface area contributed by atoms with Gasteiger partial charge in [-0.25, -0.2) is 4.79 Å². The Labute approximate surface area is 117 Å². The van der Waals surface area contributed by atoms with Crippen LogP contribution in [0.5, 0.6) is 5.75 Å². The summed E-state index contributed by atoms with van der Waals surface area (Å²) in [6.45, 7) is -0.145. The van der Waals surface area contributed by atoms with Gasteiger partial charge in [0.05, 0.1) is 12.6 Å². The van der Waals surface area contributed by atoms with Crippen LogP contribution in [-0.4, -0.2) is 31.1 Å². The van der Waals surface area contributed by atoms with Gasteiger partial charge in [-0.3, -0.25) is 4.79 Å². The third-order valence-electron chi connectivity index (χ3n) is 3.39. The van der Waals surface area contributed by atoms with Crippen LogP contribution in [0.2, 0.25) is 0 Å². The molecule has 6 nitrogen and oxygen atoms in total. The summed E-state index contributed by atoms with van der Waals surface area (Å²) < 4.78 is 9.68. The lowest BCUT2D eigenvalue weighted by atomic mass is 9.77. The zero-order chi connectivity index (χ0) is 14.6. The van der Waals surface area contributed by atoms with Crippen LogP contribution in [0.3, 0.4) is 0 Å². The van der Waals surface area contributed by atoms with Crippen molar-refractivity contribution in [2.75, 3.05) is 19.0 Å². The first-order valence-corrected chi connectivity index (χ1v) is 6.43. The molecule has 0 aliphatic heterocycles. The molecule has 1 aromatic rings. The summed E-state index contributed by atoms with van der Waals surface area (Å²) in [4.78, 5) is 22.9. The lowest BCUT2D eigenvalue weighted by Gasteiger charge is -2.36. The molecule has 20 heavy (non-hydrogen) atoms. The fourth-order valence-corrected chi connectivity index (χ4v) is 1.88. The Balaban J connectivity index is 1.88. The van der Waals surface area contributed by atoms with Crippen molar-refractivity contribution < 1.29 is 19.1 Å². The summed E-state index contributed by atoms with van der Waals surface area (Å²) in [6, 6.07) is 6.74. The minimum absolute atomic E-state index is 0.145. The SMILES string of the molecule is COC(=O)COc1ccc(NC(=O)C2(N)CCC2)cc1. The number of nitrogens with two attached hydrogens (primary N) is 1. The molecule has 6 heteroatoms. The highest BCUT2D eigenvalue weighted by Gasteiger charge is 2.40. The van der Waals surface area contributed by atoms with E-state index in [1.54, 1.807) is 24.3 Å². The third kappa shape index (κ3) is 3.27. The number of esters is 1. The molecule has 0 heterocycles. The van der Waals surface area contributed by atoms with E-state index in [-0.39, 0.29) is 12.5 Å². The second kappa shape index (κ2) is 5.92. The van der Waals surface area contributed by atoms with Gasteiger partial charge in [-0.15, -0.1) is 0 Å². The molecule has 1 amide bonds. The van der Waals surface area contributed by atoms with E-state index in [4.69, 9.17) is 10.5 Å². The number of rotatable bonds is 5. The predicted octanol–water partition coefficient (Wildman–Crippen LogP) is 1.06. The number of anilines is 1. The van der Waals surface area contributed by atoms with E-state index >= 15 is 0 Å². The molecule has 1 fully saturated rings. The number of methoxy groups -OCH3 is 1. The lowest BCUT2D eigenvalue weighted by Crippen LogP contribution is -2.56. The largest absolute Gasteiger partial charge is 0.482 e. The molecule has 1 aromatic carbocycles. The Bertz CT molecular complexity index is 494. The molecule has 2 rings (SSSR count). The minimum atomic E-state index is -0.722. The molecule has 0 atom stereocenters. The van der Waals surface area contributed by atoms with E-state index in [1.165, 1.54) is 7.11 Å². The van der Waals surface area contributed by atoms with E-state index in [1.807, 2.05) is 0 Å². The maximum Gasteiger partial charge on any atom is 0.343 e. The van der Waals surface area contributed by atoms with Crippen LogP contribution in [0.25, 0.3) is 0 Å². The molecule has 1 aliphatic carbocycles. The van der Waals surface area contributed by atoms with Crippen LogP contribution in [0.4, 0.5) is 5.69 Å². The van der Waals surface area contributed by atoms with Crippen molar-refractivity contribution in [3.8, 4) is 5.75 Å². The minimum Gasteiger partial charge on any atom is -0.482 e. The lowest BCUT2D eigenvalue weighted by molar-refractivity contribution is -0.142. The van der Waals surface area contributed by atoms with E-state index < -0.39 is 11.5 Å². The third-order valence-corrected chi connectivity index (χ3v) is 3.39. The van der Waals surface area contributed by atoms with Crippen molar-refractivity contribution in [2.45, 2.75) is 24.8 Å². The maximum atomic E-state index is 11.9. The number of hydrogen-bond acceptors (Lipinski definition) is 5. The molecule has 3 N–H and O–H groups in total. The molecule has 1 aliphatic rings. The van der Waals surface area contributed by atoms with Crippen molar-refractivity contribution in [3.05, 3.63) is 24.3 Å². The smallest absolute Gasteiger partial charge is 0.343 e. The van der Waals surface area contributed by atoms with Gasteiger partial charge in [-0.1, -0.05) is 0 Å². The van der Waals surface area contributed by atoms with Crippen molar-refractivity contribution in [1.29, 1.82) is 0 Å².